The minimum absolute atomic E-state index is 0.107. The molecule has 26 heavy (non-hydrogen) atoms. The summed E-state index contributed by atoms with van der Waals surface area (Å²) in [4.78, 5) is 0. The first-order chi connectivity index (χ1) is 12.7. The number of rotatable bonds is 10. The zero-order valence-corrected chi connectivity index (χ0v) is 15.7. The summed E-state index contributed by atoms with van der Waals surface area (Å²) in [5, 5.41) is 0. The highest BCUT2D eigenvalue weighted by atomic mass is 19.2. The predicted octanol–water partition coefficient (Wildman–Crippen LogP) is 7.45. The summed E-state index contributed by atoms with van der Waals surface area (Å²) in [6.45, 7) is 3.97. The number of ether oxygens (including phenoxy) is 1. The van der Waals surface area contributed by atoms with Gasteiger partial charge in [0.25, 0.3) is 0 Å². The van der Waals surface area contributed by atoms with Crippen LogP contribution in [-0.2, 0) is 6.42 Å². The average Bonchev–Trinajstić information content (AvgIpc) is 2.66. The molecular weight excluding hydrogens is 330 g/mol. The topological polar surface area (TPSA) is 9.23 Å². The van der Waals surface area contributed by atoms with E-state index in [0.29, 0.717) is 5.56 Å². The van der Waals surface area contributed by atoms with Gasteiger partial charge in [-0.2, -0.15) is 4.39 Å². The molecule has 2 aromatic carbocycles. The maximum absolute atomic E-state index is 14.3. The van der Waals surface area contributed by atoms with Gasteiger partial charge in [0, 0.05) is 5.56 Å². The van der Waals surface area contributed by atoms with E-state index in [9.17, 15) is 8.78 Å². The van der Waals surface area contributed by atoms with Gasteiger partial charge in [-0.3, -0.25) is 0 Å². The second-order valence-corrected chi connectivity index (χ2v) is 6.54. The Bertz CT molecular complexity index is 705. The molecule has 0 aliphatic heterocycles. The van der Waals surface area contributed by atoms with Gasteiger partial charge in [0.05, 0.1) is 6.26 Å². The molecule has 0 saturated heterocycles. The molecule has 0 bridgehead atoms. The first-order valence-corrected chi connectivity index (χ1v) is 9.52. The summed E-state index contributed by atoms with van der Waals surface area (Å²) in [6, 6.07) is 10.7. The quantitative estimate of drug-likeness (QED) is 0.316. The molecule has 0 amide bonds. The van der Waals surface area contributed by atoms with Crippen molar-refractivity contribution in [2.45, 2.75) is 58.8 Å². The fourth-order valence-corrected chi connectivity index (χ4v) is 2.95. The molecule has 0 radical (unpaired) electrons. The van der Waals surface area contributed by atoms with E-state index in [1.165, 1.54) is 56.4 Å². The first kappa shape index (κ1) is 20.2. The molecule has 0 unspecified atom stereocenters. The van der Waals surface area contributed by atoms with Crippen LogP contribution in [0.2, 0.25) is 0 Å². The summed E-state index contributed by atoms with van der Waals surface area (Å²) in [5.74, 6) is -1.95. The Morgan fingerprint density at radius 2 is 1.54 bits per heavy atom. The number of aryl methyl sites for hydroxylation is 1. The molecule has 0 fully saturated rings. The molecular formula is C23H28F2O. The van der Waals surface area contributed by atoms with Crippen molar-refractivity contribution in [3.63, 3.8) is 0 Å². The highest BCUT2D eigenvalue weighted by molar-refractivity contribution is 5.65. The summed E-state index contributed by atoms with van der Waals surface area (Å²) in [6.07, 6.45) is 11.6. The Balaban J connectivity index is 1.98. The van der Waals surface area contributed by atoms with E-state index in [1.807, 2.05) is 24.3 Å². The molecule has 0 saturated carbocycles. The van der Waals surface area contributed by atoms with Crippen molar-refractivity contribution in [1.29, 1.82) is 0 Å². The van der Waals surface area contributed by atoms with E-state index >= 15 is 0 Å². The van der Waals surface area contributed by atoms with Crippen molar-refractivity contribution in [2.24, 2.45) is 0 Å². The summed E-state index contributed by atoms with van der Waals surface area (Å²) in [5.41, 5.74) is 2.16. The molecule has 2 aromatic rings. The fraction of sp³-hybridized carbons (Fsp3) is 0.391. The lowest BCUT2D eigenvalue weighted by atomic mass is 10.00. The minimum Gasteiger partial charge on any atom is -0.462 e. The van der Waals surface area contributed by atoms with Gasteiger partial charge in [-0.05, 0) is 43.0 Å². The van der Waals surface area contributed by atoms with Crippen molar-refractivity contribution in [3.8, 4) is 16.9 Å². The monoisotopic (exact) mass is 358 g/mol. The lowest BCUT2D eigenvalue weighted by Gasteiger charge is -2.09. The van der Waals surface area contributed by atoms with E-state index < -0.39 is 11.6 Å². The second kappa shape index (κ2) is 10.7. The van der Waals surface area contributed by atoms with Gasteiger partial charge in [-0.15, -0.1) is 0 Å². The molecule has 1 nitrogen and oxygen atoms in total. The van der Waals surface area contributed by atoms with Crippen molar-refractivity contribution < 1.29 is 13.5 Å². The van der Waals surface area contributed by atoms with Crippen LogP contribution >= 0.6 is 0 Å². The Morgan fingerprint density at radius 1 is 0.846 bits per heavy atom. The Kier molecular flexibility index (Phi) is 8.33. The highest BCUT2D eigenvalue weighted by Crippen LogP contribution is 2.30. The minimum atomic E-state index is -0.961. The second-order valence-electron chi connectivity index (χ2n) is 6.54. The Morgan fingerprint density at radius 3 is 2.23 bits per heavy atom. The normalized spacial score (nSPS) is 11.2. The van der Waals surface area contributed by atoms with Crippen molar-refractivity contribution in [2.75, 3.05) is 0 Å². The maximum atomic E-state index is 14.3. The standard InChI is InChI=1S/C23H28F2O/c1-3-5-6-7-8-9-10-18-11-13-19(14-12-18)20-15-16-21(26-17-4-2)23(25)22(20)24/h4,11-17H,3,5-10H2,1-2H3/b17-4+. The lowest BCUT2D eigenvalue weighted by Crippen LogP contribution is -1.95. The molecule has 0 aliphatic carbocycles. The highest BCUT2D eigenvalue weighted by Gasteiger charge is 2.15. The molecule has 0 N–H and O–H groups in total. The lowest BCUT2D eigenvalue weighted by molar-refractivity contribution is 0.415. The van der Waals surface area contributed by atoms with Gasteiger partial charge >= 0.3 is 0 Å². The molecule has 0 atom stereocenters. The molecule has 2 rings (SSSR count). The van der Waals surface area contributed by atoms with Crippen LogP contribution in [0.25, 0.3) is 11.1 Å². The van der Waals surface area contributed by atoms with E-state index in [0.717, 1.165) is 6.42 Å². The molecule has 0 heterocycles. The van der Waals surface area contributed by atoms with Crippen LogP contribution in [0, 0.1) is 11.6 Å². The number of hydrogen-bond donors (Lipinski definition) is 0. The third kappa shape index (κ3) is 5.69. The maximum Gasteiger partial charge on any atom is 0.201 e. The number of hydrogen-bond acceptors (Lipinski definition) is 1. The third-order valence-corrected chi connectivity index (χ3v) is 4.46. The van der Waals surface area contributed by atoms with Gasteiger partial charge in [0.15, 0.2) is 11.6 Å². The average molecular weight is 358 g/mol. The molecule has 140 valence electrons. The van der Waals surface area contributed by atoms with E-state index in [2.05, 4.69) is 6.92 Å². The SMILES string of the molecule is C/C=C/Oc1ccc(-c2ccc(CCCCCCCC)cc2)c(F)c1F. The van der Waals surface area contributed by atoms with Gasteiger partial charge < -0.3 is 4.74 Å². The van der Waals surface area contributed by atoms with Crippen LogP contribution in [0.1, 0.15) is 57.9 Å². The van der Waals surface area contributed by atoms with E-state index in [-0.39, 0.29) is 11.3 Å². The number of benzene rings is 2. The molecule has 3 heteroatoms. The van der Waals surface area contributed by atoms with Crippen LogP contribution in [0.4, 0.5) is 8.78 Å². The van der Waals surface area contributed by atoms with Gasteiger partial charge in [-0.25, -0.2) is 4.39 Å². The molecule has 0 spiro atoms. The van der Waals surface area contributed by atoms with Gasteiger partial charge in [0.1, 0.15) is 0 Å². The smallest absolute Gasteiger partial charge is 0.201 e. The van der Waals surface area contributed by atoms with E-state index in [4.69, 9.17) is 4.74 Å². The van der Waals surface area contributed by atoms with Crippen molar-refractivity contribution in [1.82, 2.24) is 0 Å². The van der Waals surface area contributed by atoms with Crippen LogP contribution in [0.15, 0.2) is 48.7 Å². The van der Waals surface area contributed by atoms with E-state index in [1.54, 1.807) is 19.1 Å². The van der Waals surface area contributed by atoms with Crippen molar-refractivity contribution in [3.05, 3.63) is 65.9 Å². The van der Waals surface area contributed by atoms with Crippen LogP contribution in [-0.4, -0.2) is 0 Å². The first-order valence-electron chi connectivity index (χ1n) is 9.52. The number of halogens is 2. The summed E-state index contributed by atoms with van der Waals surface area (Å²) >= 11 is 0. The van der Waals surface area contributed by atoms with Crippen LogP contribution in [0.3, 0.4) is 0 Å². The number of allylic oxidation sites excluding steroid dienone is 1. The van der Waals surface area contributed by atoms with Crippen LogP contribution in [0.5, 0.6) is 5.75 Å². The van der Waals surface area contributed by atoms with Gasteiger partial charge in [-0.1, -0.05) is 69.4 Å². The zero-order valence-electron chi connectivity index (χ0n) is 15.7. The Labute approximate surface area is 155 Å². The predicted molar refractivity (Wildman–Crippen MR) is 104 cm³/mol. The molecule has 0 aromatic heterocycles. The third-order valence-electron chi connectivity index (χ3n) is 4.46. The molecule has 0 aliphatic rings. The van der Waals surface area contributed by atoms with Gasteiger partial charge in [0.2, 0.25) is 5.82 Å². The largest absolute Gasteiger partial charge is 0.462 e. The summed E-state index contributed by atoms with van der Waals surface area (Å²) in [7, 11) is 0. The summed E-state index contributed by atoms with van der Waals surface area (Å²) < 4.78 is 33.5. The Hall–Kier alpha value is -2.16. The van der Waals surface area contributed by atoms with Crippen LogP contribution < -0.4 is 4.74 Å². The number of unbranched alkanes of at least 4 members (excludes halogenated alkanes) is 5. The zero-order chi connectivity index (χ0) is 18.8. The fourth-order valence-electron chi connectivity index (χ4n) is 2.95. The van der Waals surface area contributed by atoms with Crippen molar-refractivity contribution >= 4 is 0 Å².